The molecule has 0 spiro atoms. The smallest absolute Gasteiger partial charge is 0.343 e. The van der Waals surface area contributed by atoms with Crippen LogP contribution in [-0.4, -0.2) is 24.7 Å². The lowest BCUT2D eigenvalue weighted by atomic mass is 9.66. The third-order valence-corrected chi connectivity index (χ3v) is 6.42. The second kappa shape index (κ2) is 8.68. The summed E-state index contributed by atoms with van der Waals surface area (Å²) in [5.74, 6) is 0.528. The summed E-state index contributed by atoms with van der Waals surface area (Å²) in [7, 11) is 1.93. The number of carbonyl (C=O) groups is 1. The summed E-state index contributed by atoms with van der Waals surface area (Å²) in [6.07, 6.45) is 2.86. The van der Waals surface area contributed by atoms with E-state index in [0.29, 0.717) is 23.7 Å². The van der Waals surface area contributed by atoms with E-state index < -0.39 is 11.6 Å². The fourth-order valence-electron chi connectivity index (χ4n) is 4.75. The van der Waals surface area contributed by atoms with Gasteiger partial charge in [0.15, 0.2) is 0 Å². The first-order chi connectivity index (χ1) is 13.8. The van der Waals surface area contributed by atoms with Crippen molar-refractivity contribution in [1.82, 2.24) is 5.32 Å². The fraction of sp³-hybridized carbons (Fsp3) is 0.480. The zero-order valence-electron chi connectivity index (χ0n) is 17.9. The molecule has 3 rings (SSSR count). The van der Waals surface area contributed by atoms with E-state index in [1.54, 1.807) is 18.2 Å². The van der Waals surface area contributed by atoms with Crippen molar-refractivity contribution in [1.29, 1.82) is 0 Å². The predicted octanol–water partition coefficient (Wildman–Crippen LogP) is 4.78. The summed E-state index contributed by atoms with van der Waals surface area (Å²) in [4.78, 5) is 12.5. The average molecular weight is 396 g/mol. The minimum Gasteiger partial charge on any atom is -0.423 e. The Balaban J connectivity index is 1.94. The van der Waals surface area contributed by atoms with Crippen LogP contribution in [0.25, 0.3) is 0 Å². The number of nitrogens with one attached hydrogen (secondary N) is 1. The molecule has 0 heterocycles. The van der Waals surface area contributed by atoms with Gasteiger partial charge in [-0.2, -0.15) is 0 Å². The number of aliphatic hydroxyl groups is 1. The van der Waals surface area contributed by atoms with Gasteiger partial charge in [0.1, 0.15) is 5.75 Å². The number of rotatable bonds is 5. The van der Waals surface area contributed by atoms with Crippen LogP contribution in [0.4, 0.5) is 0 Å². The predicted molar refractivity (Wildman–Crippen MR) is 116 cm³/mol. The molecule has 0 aliphatic heterocycles. The molecule has 0 aromatic heterocycles. The van der Waals surface area contributed by atoms with Gasteiger partial charge in [-0.05, 0) is 61.1 Å². The number of ether oxygens (including phenoxy) is 1. The van der Waals surface area contributed by atoms with Crippen LogP contribution in [0.3, 0.4) is 0 Å². The molecule has 29 heavy (non-hydrogen) atoms. The Labute approximate surface area is 174 Å². The molecule has 0 amide bonds. The summed E-state index contributed by atoms with van der Waals surface area (Å²) < 4.78 is 5.62. The minimum atomic E-state index is -0.989. The van der Waals surface area contributed by atoms with Crippen LogP contribution < -0.4 is 10.1 Å². The van der Waals surface area contributed by atoms with E-state index in [-0.39, 0.29) is 11.3 Å². The Morgan fingerprint density at radius 2 is 1.90 bits per heavy atom. The zero-order valence-corrected chi connectivity index (χ0v) is 17.9. The molecule has 0 radical (unpaired) electrons. The summed E-state index contributed by atoms with van der Waals surface area (Å²) in [5, 5.41) is 15.3. The molecule has 1 aliphatic rings. The lowest BCUT2D eigenvalue weighted by Gasteiger charge is -2.44. The highest BCUT2D eigenvalue weighted by atomic mass is 16.5. The average Bonchev–Trinajstić information content (AvgIpc) is 2.79. The van der Waals surface area contributed by atoms with Gasteiger partial charge in [-0.15, -0.1) is 0 Å². The molecular formula is C25H33NO3. The molecule has 2 aromatic rings. The van der Waals surface area contributed by atoms with Crippen LogP contribution in [0.5, 0.6) is 5.75 Å². The molecule has 1 unspecified atom stereocenters. The van der Waals surface area contributed by atoms with Crippen LogP contribution in [-0.2, 0) is 5.60 Å². The Morgan fingerprint density at radius 3 is 2.59 bits per heavy atom. The largest absolute Gasteiger partial charge is 0.423 e. The molecular weight excluding hydrogens is 362 g/mol. The molecule has 0 bridgehead atoms. The van der Waals surface area contributed by atoms with Crippen molar-refractivity contribution in [2.24, 2.45) is 17.3 Å². The van der Waals surface area contributed by atoms with Gasteiger partial charge in [0.25, 0.3) is 0 Å². The highest BCUT2D eigenvalue weighted by molar-refractivity contribution is 5.90. The molecule has 3 atom stereocenters. The first kappa shape index (κ1) is 21.5. The van der Waals surface area contributed by atoms with E-state index in [1.165, 1.54) is 0 Å². The molecule has 1 saturated carbocycles. The van der Waals surface area contributed by atoms with Gasteiger partial charge in [-0.25, -0.2) is 4.79 Å². The van der Waals surface area contributed by atoms with Gasteiger partial charge in [-0.1, -0.05) is 57.5 Å². The van der Waals surface area contributed by atoms with Crippen LogP contribution >= 0.6 is 0 Å². The molecule has 1 aliphatic carbocycles. The highest BCUT2D eigenvalue weighted by Crippen LogP contribution is 2.51. The van der Waals surface area contributed by atoms with Gasteiger partial charge in [0.2, 0.25) is 0 Å². The topological polar surface area (TPSA) is 58.6 Å². The first-order valence-corrected chi connectivity index (χ1v) is 10.5. The normalized spacial score (nSPS) is 26.5. The Morgan fingerprint density at radius 1 is 1.17 bits per heavy atom. The molecule has 2 aromatic carbocycles. The minimum absolute atomic E-state index is 0.0146. The first-order valence-electron chi connectivity index (χ1n) is 10.5. The monoisotopic (exact) mass is 395 g/mol. The molecule has 1 fully saturated rings. The van der Waals surface area contributed by atoms with Crippen molar-refractivity contribution in [2.45, 2.75) is 45.6 Å². The Kier molecular flexibility index (Phi) is 6.45. The van der Waals surface area contributed by atoms with Crippen molar-refractivity contribution in [3.05, 3.63) is 65.7 Å². The van der Waals surface area contributed by atoms with Crippen LogP contribution in [0.1, 0.15) is 56.0 Å². The molecule has 0 saturated heterocycles. The summed E-state index contributed by atoms with van der Waals surface area (Å²) in [6.45, 7) is 7.43. The summed E-state index contributed by atoms with van der Waals surface area (Å²) in [5.41, 5.74) is 0.323. The van der Waals surface area contributed by atoms with Gasteiger partial charge >= 0.3 is 5.97 Å². The third-order valence-electron chi connectivity index (χ3n) is 6.42. The second-order valence-corrected chi connectivity index (χ2v) is 9.15. The van der Waals surface area contributed by atoms with E-state index >= 15 is 0 Å². The van der Waals surface area contributed by atoms with Gasteiger partial charge in [0, 0.05) is 12.5 Å². The molecule has 156 valence electrons. The summed E-state index contributed by atoms with van der Waals surface area (Å²) in [6, 6.07) is 16.4. The van der Waals surface area contributed by atoms with Crippen molar-refractivity contribution in [3.63, 3.8) is 0 Å². The Hall–Kier alpha value is -2.17. The number of esters is 1. The van der Waals surface area contributed by atoms with E-state index in [1.807, 2.05) is 43.4 Å². The lowest BCUT2D eigenvalue weighted by Crippen LogP contribution is -2.47. The molecule has 2 N–H and O–H groups in total. The number of hydrogen-bond donors (Lipinski definition) is 2. The maximum absolute atomic E-state index is 12.5. The second-order valence-electron chi connectivity index (χ2n) is 9.15. The van der Waals surface area contributed by atoms with Crippen LogP contribution in [0.15, 0.2) is 54.6 Å². The number of hydrogen-bond acceptors (Lipinski definition) is 4. The lowest BCUT2D eigenvalue weighted by molar-refractivity contribution is -0.0748. The maximum Gasteiger partial charge on any atom is 0.343 e. The highest BCUT2D eigenvalue weighted by Gasteiger charge is 2.48. The fourth-order valence-corrected chi connectivity index (χ4v) is 4.75. The van der Waals surface area contributed by atoms with Crippen molar-refractivity contribution in [3.8, 4) is 5.75 Å². The summed E-state index contributed by atoms with van der Waals surface area (Å²) >= 11 is 0. The quantitative estimate of drug-likeness (QED) is 0.435. The number of benzene rings is 2. The van der Waals surface area contributed by atoms with Gasteiger partial charge in [0.05, 0.1) is 11.2 Å². The third kappa shape index (κ3) is 4.71. The Bertz CT molecular complexity index is 833. The standard InChI is InChI=1S/C25H33NO3/c1-18-13-14-24(2,3)22(17-26-4)25(28,16-18)20-11-8-12-21(15-20)29-23(27)19-9-6-5-7-10-19/h5-12,15,18,22,26,28H,13-14,16-17H2,1-4H3/t18-,22-,25?/m0/s1. The van der Waals surface area contributed by atoms with Crippen LogP contribution in [0, 0.1) is 17.3 Å². The van der Waals surface area contributed by atoms with E-state index in [0.717, 1.165) is 24.9 Å². The maximum atomic E-state index is 12.5. The SMILES string of the molecule is CNC[C@H]1C(C)(C)CC[C@H](C)CC1(O)c1cccc(OC(=O)c2ccccc2)c1. The van der Waals surface area contributed by atoms with Gasteiger partial charge < -0.3 is 15.2 Å². The molecule has 4 heteroatoms. The van der Waals surface area contributed by atoms with Crippen LogP contribution in [0.2, 0.25) is 0 Å². The van der Waals surface area contributed by atoms with E-state index in [9.17, 15) is 9.90 Å². The van der Waals surface area contributed by atoms with E-state index in [2.05, 4.69) is 26.1 Å². The van der Waals surface area contributed by atoms with Crippen molar-refractivity contribution < 1.29 is 14.6 Å². The van der Waals surface area contributed by atoms with E-state index in [4.69, 9.17) is 4.74 Å². The van der Waals surface area contributed by atoms with Crippen molar-refractivity contribution >= 4 is 5.97 Å². The number of carbonyl (C=O) groups excluding carboxylic acids is 1. The molecule has 4 nitrogen and oxygen atoms in total. The van der Waals surface area contributed by atoms with Crippen molar-refractivity contribution in [2.75, 3.05) is 13.6 Å². The zero-order chi connectivity index (χ0) is 21.1. The van der Waals surface area contributed by atoms with Gasteiger partial charge in [-0.3, -0.25) is 0 Å².